The van der Waals surface area contributed by atoms with Crippen LogP contribution in [-0.4, -0.2) is 38.3 Å². The zero-order chi connectivity index (χ0) is 13.5. The summed E-state index contributed by atoms with van der Waals surface area (Å²) in [6.45, 7) is 4.77. The molecular weight excluding hydrogens is 271 g/mol. The summed E-state index contributed by atoms with van der Waals surface area (Å²) < 4.78 is 5.35. The number of likely N-dealkylation sites (N-methyl/N-ethyl adjacent to an activating group) is 1. The van der Waals surface area contributed by atoms with Crippen LogP contribution in [-0.2, 0) is 4.74 Å². The zero-order valence-corrected chi connectivity index (χ0v) is 12.3. The molecule has 0 heterocycles. The van der Waals surface area contributed by atoms with E-state index in [0.717, 1.165) is 18.7 Å². The number of rotatable bonds is 7. The maximum Gasteiger partial charge on any atom is 0.0595 e. The minimum absolute atomic E-state index is 0.125. The number of hydrogen-bond acceptors (Lipinski definition) is 3. The molecule has 1 unspecified atom stereocenters. The minimum Gasteiger partial charge on any atom is -0.380 e. The Bertz CT molecular complexity index is 374. The summed E-state index contributed by atoms with van der Waals surface area (Å²) in [5.41, 5.74) is 6.91. The van der Waals surface area contributed by atoms with Crippen LogP contribution in [0, 0.1) is 0 Å². The van der Waals surface area contributed by atoms with E-state index in [9.17, 15) is 0 Å². The second kappa shape index (κ2) is 7.97. The molecule has 1 atom stereocenters. The van der Waals surface area contributed by atoms with E-state index in [2.05, 4.69) is 4.90 Å². The van der Waals surface area contributed by atoms with Gasteiger partial charge < -0.3 is 10.5 Å². The highest BCUT2D eigenvalue weighted by Gasteiger charge is 2.16. The second-order valence-corrected chi connectivity index (χ2v) is 4.92. The molecule has 0 spiro atoms. The van der Waals surface area contributed by atoms with Crippen LogP contribution >= 0.6 is 23.2 Å². The molecule has 0 aliphatic carbocycles. The van der Waals surface area contributed by atoms with E-state index in [1.54, 1.807) is 6.07 Å². The average molecular weight is 291 g/mol. The first kappa shape index (κ1) is 15.7. The lowest BCUT2D eigenvalue weighted by Crippen LogP contribution is -2.33. The van der Waals surface area contributed by atoms with E-state index in [1.807, 2.05) is 26.1 Å². The van der Waals surface area contributed by atoms with Crippen molar-refractivity contribution in [2.45, 2.75) is 13.0 Å². The van der Waals surface area contributed by atoms with Gasteiger partial charge in [-0.2, -0.15) is 0 Å². The number of ether oxygens (including phenoxy) is 1. The van der Waals surface area contributed by atoms with E-state index in [-0.39, 0.29) is 6.04 Å². The Morgan fingerprint density at radius 1 is 1.33 bits per heavy atom. The third-order valence-corrected chi connectivity index (χ3v) is 3.62. The van der Waals surface area contributed by atoms with Gasteiger partial charge in [0.1, 0.15) is 0 Å². The van der Waals surface area contributed by atoms with Crippen LogP contribution < -0.4 is 5.73 Å². The summed E-state index contributed by atoms with van der Waals surface area (Å²) in [6.07, 6.45) is 0. The minimum atomic E-state index is 0.125. The van der Waals surface area contributed by atoms with E-state index in [0.29, 0.717) is 23.2 Å². The second-order valence-electron chi connectivity index (χ2n) is 4.10. The van der Waals surface area contributed by atoms with Crippen molar-refractivity contribution in [3.8, 4) is 0 Å². The van der Waals surface area contributed by atoms with E-state index in [4.69, 9.17) is 33.7 Å². The monoisotopic (exact) mass is 290 g/mol. The molecule has 1 rings (SSSR count). The molecule has 1 aromatic carbocycles. The number of halogens is 2. The Balaban J connectivity index is 2.72. The highest BCUT2D eigenvalue weighted by atomic mass is 35.5. The van der Waals surface area contributed by atoms with Gasteiger partial charge in [-0.1, -0.05) is 29.3 Å². The van der Waals surface area contributed by atoms with Gasteiger partial charge in [-0.15, -0.1) is 0 Å². The lowest BCUT2D eigenvalue weighted by molar-refractivity contribution is 0.108. The Kier molecular flexibility index (Phi) is 6.97. The number of nitrogens with two attached hydrogens (primary N) is 1. The first-order valence-corrected chi connectivity index (χ1v) is 6.78. The van der Waals surface area contributed by atoms with Crippen molar-refractivity contribution in [3.05, 3.63) is 33.8 Å². The molecule has 18 heavy (non-hydrogen) atoms. The summed E-state index contributed by atoms with van der Waals surface area (Å²) in [5.74, 6) is 0. The van der Waals surface area contributed by atoms with Gasteiger partial charge in [-0.05, 0) is 31.7 Å². The summed E-state index contributed by atoms with van der Waals surface area (Å²) >= 11 is 11.9. The van der Waals surface area contributed by atoms with Crippen LogP contribution in [0.3, 0.4) is 0 Å². The van der Waals surface area contributed by atoms with Gasteiger partial charge in [0.2, 0.25) is 0 Å². The number of benzene rings is 1. The van der Waals surface area contributed by atoms with E-state index >= 15 is 0 Å². The molecule has 0 radical (unpaired) electrons. The van der Waals surface area contributed by atoms with Crippen molar-refractivity contribution in [1.29, 1.82) is 0 Å². The van der Waals surface area contributed by atoms with Gasteiger partial charge in [0.15, 0.2) is 0 Å². The lowest BCUT2D eigenvalue weighted by atomic mass is 10.1. The predicted molar refractivity (Wildman–Crippen MR) is 77.4 cm³/mol. The zero-order valence-electron chi connectivity index (χ0n) is 10.8. The van der Waals surface area contributed by atoms with Crippen LogP contribution in [0.1, 0.15) is 18.5 Å². The summed E-state index contributed by atoms with van der Waals surface area (Å²) in [7, 11) is 2.03. The van der Waals surface area contributed by atoms with Crippen LogP contribution in [0.4, 0.5) is 0 Å². The Hall–Kier alpha value is -0.320. The molecule has 0 aliphatic rings. The highest BCUT2D eigenvalue weighted by Crippen LogP contribution is 2.27. The SMILES string of the molecule is CCOCCN(C)C(CN)c1ccc(Cl)c(Cl)c1. The molecule has 0 aliphatic heterocycles. The smallest absolute Gasteiger partial charge is 0.0595 e. The molecule has 3 nitrogen and oxygen atoms in total. The van der Waals surface area contributed by atoms with Gasteiger partial charge in [-0.25, -0.2) is 0 Å². The molecule has 0 fully saturated rings. The third-order valence-electron chi connectivity index (χ3n) is 2.88. The summed E-state index contributed by atoms with van der Waals surface area (Å²) in [4.78, 5) is 2.16. The average Bonchev–Trinajstić information content (AvgIpc) is 2.35. The number of hydrogen-bond donors (Lipinski definition) is 1. The lowest BCUT2D eigenvalue weighted by Gasteiger charge is -2.27. The first-order valence-electron chi connectivity index (χ1n) is 6.03. The largest absolute Gasteiger partial charge is 0.380 e. The highest BCUT2D eigenvalue weighted by molar-refractivity contribution is 6.42. The normalized spacial score (nSPS) is 13.0. The molecule has 102 valence electrons. The number of nitrogens with zero attached hydrogens (tertiary/aromatic N) is 1. The van der Waals surface area contributed by atoms with Crippen molar-refractivity contribution in [2.75, 3.05) is 33.4 Å². The van der Waals surface area contributed by atoms with E-state index in [1.165, 1.54) is 0 Å². The van der Waals surface area contributed by atoms with E-state index < -0.39 is 0 Å². The quantitative estimate of drug-likeness (QED) is 0.785. The Morgan fingerprint density at radius 2 is 2.06 bits per heavy atom. The van der Waals surface area contributed by atoms with Gasteiger partial charge in [0.05, 0.1) is 16.7 Å². The van der Waals surface area contributed by atoms with Gasteiger partial charge in [0, 0.05) is 25.7 Å². The molecule has 0 saturated carbocycles. The molecule has 0 bridgehead atoms. The van der Waals surface area contributed by atoms with Crippen molar-refractivity contribution in [1.82, 2.24) is 4.90 Å². The van der Waals surface area contributed by atoms with Crippen molar-refractivity contribution < 1.29 is 4.74 Å². The molecular formula is C13H20Cl2N2O. The van der Waals surface area contributed by atoms with Crippen LogP contribution in [0.25, 0.3) is 0 Å². The topological polar surface area (TPSA) is 38.5 Å². The Labute approximate surface area is 119 Å². The molecule has 0 aromatic heterocycles. The standard InChI is InChI=1S/C13H20Cl2N2O/c1-3-18-7-6-17(2)13(9-16)10-4-5-11(14)12(15)8-10/h4-5,8,13H,3,6-7,9,16H2,1-2H3. The summed E-state index contributed by atoms with van der Waals surface area (Å²) in [6, 6.07) is 5.76. The fraction of sp³-hybridized carbons (Fsp3) is 0.538. The van der Waals surface area contributed by atoms with Crippen LogP contribution in [0.15, 0.2) is 18.2 Å². The van der Waals surface area contributed by atoms with Gasteiger partial charge >= 0.3 is 0 Å². The fourth-order valence-electron chi connectivity index (χ4n) is 1.80. The molecule has 0 amide bonds. The van der Waals surface area contributed by atoms with Crippen molar-refractivity contribution >= 4 is 23.2 Å². The first-order chi connectivity index (χ1) is 8.60. The maximum atomic E-state index is 6.03. The molecule has 0 saturated heterocycles. The predicted octanol–water partition coefficient (Wildman–Crippen LogP) is 2.96. The van der Waals surface area contributed by atoms with Crippen LogP contribution in [0.2, 0.25) is 10.0 Å². The third kappa shape index (κ3) is 4.41. The molecule has 2 N–H and O–H groups in total. The Morgan fingerprint density at radius 3 is 2.61 bits per heavy atom. The fourth-order valence-corrected chi connectivity index (χ4v) is 2.11. The van der Waals surface area contributed by atoms with Gasteiger partial charge in [-0.3, -0.25) is 4.90 Å². The molecule has 5 heteroatoms. The van der Waals surface area contributed by atoms with Gasteiger partial charge in [0.25, 0.3) is 0 Å². The summed E-state index contributed by atoms with van der Waals surface area (Å²) in [5, 5.41) is 1.12. The van der Waals surface area contributed by atoms with Crippen molar-refractivity contribution in [2.24, 2.45) is 5.73 Å². The maximum absolute atomic E-state index is 6.03. The van der Waals surface area contributed by atoms with Crippen LogP contribution in [0.5, 0.6) is 0 Å². The van der Waals surface area contributed by atoms with Crippen molar-refractivity contribution in [3.63, 3.8) is 0 Å². The molecule has 1 aromatic rings.